The number of ether oxygens (including phenoxy) is 3. The van der Waals surface area contributed by atoms with Gasteiger partial charge in [0.15, 0.2) is 5.75 Å². The lowest BCUT2D eigenvalue weighted by Crippen LogP contribution is -2.22. The van der Waals surface area contributed by atoms with E-state index in [1.807, 2.05) is 6.92 Å². The number of anilines is 2. The molecule has 180 valence electrons. The lowest BCUT2D eigenvalue weighted by molar-refractivity contribution is -0.114. The third kappa shape index (κ3) is 5.60. The topological polar surface area (TPSA) is 103 Å². The van der Waals surface area contributed by atoms with Crippen molar-refractivity contribution in [2.45, 2.75) is 23.6 Å². The van der Waals surface area contributed by atoms with Gasteiger partial charge in [0.25, 0.3) is 0 Å². The van der Waals surface area contributed by atoms with E-state index in [-0.39, 0.29) is 34.6 Å². The molecule has 8 nitrogen and oxygen atoms in total. The van der Waals surface area contributed by atoms with Crippen LogP contribution in [-0.2, 0) is 14.6 Å². The van der Waals surface area contributed by atoms with Crippen LogP contribution in [0, 0.1) is 6.92 Å². The standard InChI is InChI=1S/C25H28N2O6S/c1-5-33-25-20(7-6-8-23(25)34(29,30)19-12-9-17(2)10-13-19)26-16-24(28)27-21-15-18(31-3)11-14-22(21)32-4/h6-15,26H,5,16H2,1-4H3,(H,27,28). The summed E-state index contributed by atoms with van der Waals surface area (Å²) in [7, 11) is -0.797. The van der Waals surface area contributed by atoms with Crippen molar-refractivity contribution in [3.8, 4) is 17.2 Å². The number of nitrogens with one attached hydrogen (secondary N) is 2. The number of hydrogen-bond donors (Lipinski definition) is 2. The second kappa shape index (κ2) is 10.9. The van der Waals surface area contributed by atoms with Crippen molar-refractivity contribution < 1.29 is 27.4 Å². The highest BCUT2D eigenvalue weighted by Gasteiger charge is 2.24. The van der Waals surface area contributed by atoms with Crippen molar-refractivity contribution >= 4 is 27.1 Å². The Bertz CT molecular complexity index is 1260. The summed E-state index contributed by atoms with van der Waals surface area (Å²) in [6, 6.07) is 16.4. The summed E-state index contributed by atoms with van der Waals surface area (Å²) >= 11 is 0. The maximum atomic E-state index is 13.3. The normalized spacial score (nSPS) is 10.9. The summed E-state index contributed by atoms with van der Waals surface area (Å²) in [5.41, 5.74) is 1.80. The van der Waals surface area contributed by atoms with Crippen molar-refractivity contribution in [3.63, 3.8) is 0 Å². The fourth-order valence-electron chi connectivity index (χ4n) is 3.29. The molecule has 3 aromatic carbocycles. The van der Waals surface area contributed by atoms with Crippen LogP contribution in [0.1, 0.15) is 12.5 Å². The molecule has 0 unspecified atom stereocenters. The van der Waals surface area contributed by atoms with Crippen LogP contribution >= 0.6 is 0 Å². The molecule has 9 heteroatoms. The zero-order valence-electron chi connectivity index (χ0n) is 19.5. The highest BCUT2D eigenvalue weighted by atomic mass is 32.2. The van der Waals surface area contributed by atoms with E-state index < -0.39 is 9.84 Å². The van der Waals surface area contributed by atoms with Gasteiger partial charge in [-0.15, -0.1) is 0 Å². The second-order valence-corrected chi connectivity index (χ2v) is 9.27. The van der Waals surface area contributed by atoms with Crippen molar-refractivity contribution in [2.75, 3.05) is 38.0 Å². The Kier molecular flexibility index (Phi) is 8.01. The summed E-state index contributed by atoms with van der Waals surface area (Å²) in [4.78, 5) is 12.8. The summed E-state index contributed by atoms with van der Waals surface area (Å²) < 4.78 is 42.8. The van der Waals surface area contributed by atoms with E-state index in [0.29, 0.717) is 22.9 Å². The number of benzene rings is 3. The van der Waals surface area contributed by atoms with Gasteiger partial charge in [0, 0.05) is 6.07 Å². The van der Waals surface area contributed by atoms with Crippen LogP contribution in [0.3, 0.4) is 0 Å². The van der Waals surface area contributed by atoms with E-state index in [9.17, 15) is 13.2 Å². The first-order chi connectivity index (χ1) is 16.3. The molecule has 34 heavy (non-hydrogen) atoms. The largest absolute Gasteiger partial charge is 0.497 e. The number of rotatable bonds is 10. The van der Waals surface area contributed by atoms with Gasteiger partial charge in [-0.1, -0.05) is 23.8 Å². The smallest absolute Gasteiger partial charge is 0.243 e. The van der Waals surface area contributed by atoms with Gasteiger partial charge in [0.2, 0.25) is 15.7 Å². The minimum Gasteiger partial charge on any atom is -0.497 e. The predicted molar refractivity (Wildman–Crippen MR) is 131 cm³/mol. The van der Waals surface area contributed by atoms with Crippen molar-refractivity contribution in [1.29, 1.82) is 0 Å². The number of para-hydroxylation sites is 1. The van der Waals surface area contributed by atoms with E-state index in [2.05, 4.69) is 10.6 Å². The van der Waals surface area contributed by atoms with Gasteiger partial charge in [0.05, 0.1) is 43.6 Å². The second-order valence-electron chi connectivity index (χ2n) is 7.35. The Balaban J connectivity index is 1.84. The molecule has 3 rings (SSSR count). The number of amides is 1. The lowest BCUT2D eigenvalue weighted by atomic mass is 10.2. The van der Waals surface area contributed by atoms with E-state index in [4.69, 9.17) is 14.2 Å². The highest BCUT2D eigenvalue weighted by Crippen LogP contribution is 2.36. The number of carbonyl (C=O) groups excluding carboxylic acids is 1. The van der Waals surface area contributed by atoms with Crippen molar-refractivity contribution in [3.05, 3.63) is 66.2 Å². The average Bonchev–Trinajstić information content (AvgIpc) is 2.83. The molecule has 0 aromatic heterocycles. The third-order valence-corrected chi connectivity index (χ3v) is 6.80. The van der Waals surface area contributed by atoms with E-state index in [1.165, 1.54) is 20.3 Å². The van der Waals surface area contributed by atoms with E-state index in [1.54, 1.807) is 61.5 Å². The van der Waals surface area contributed by atoms with Gasteiger partial charge in [-0.2, -0.15) is 0 Å². The van der Waals surface area contributed by atoms with Crippen LogP contribution in [0.25, 0.3) is 0 Å². The Morgan fingerprint density at radius 3 is 2.32 bits per heavy atom. The zero-order valence-corrected chi connectivity index (χ0v) is 20.4. The molecule has 0 atom stereocenters. The molecular weight excluding hydrogens is 456 g/mol. The summed E-state index contributed by atoms with van der Waals surface area (Å²) in [5, 5.41) is 5.75. The molecule has 0 heterocycles. The lowest BCUT2D eigenvalue weighted by Gasteiger charge is -2.17. The van der Waals surface area contributed by atoms with E-state index in [0.717, 1.165) is 5.56 Å². The fourth-order valence-corrected chi connectivity index (χ4v) is 4.70. The number of hydrogen-bond acceptors (Lipinski definition) is 7. The maximum absolute atomic E-state index is 13.3. The predicted octanol–water partition coefficient (Wildman–Crippen LogP) is 4.29. The van der Waals surface area contributed by atoms with Crippen LogP contribution in [-0.4, -0.2) is 41.7 Å². The molecular formula is C25H28N2O6S. The molecule has 0 aliphatic carbocycles. The molecule has 0 spiro atoms. The number of methoxy groups -OCH3 is 2. The van der Waals surface area contributed by atoms with Crippen molar-refractivity contribution in [1.82, 2.24) is 0 Å². The first-order valence-electron chi connectivity index (χ1n) is 10.6. The number of aryl methyl sites for hydroxylation is 1. The molecule has 3 aromatic rings. The summed E-state index contributed by atoms with van der Waals surface area (Å²) in [5.74, 6) is 0.852. The van der Waals surface area contributed by atoms with Crippen LogP contribution in [0.5, 0.6) is 17.2 Å². The Labute approximate surface area is 199 Å². The maximum Gasteiger partial charge on any atom is 0.243 e. The Morgan fingerprint density at radius 2 is 1.68 bits per heavy atom. The first kappa shape index (κ1) is 24.9. The minimum atomic E-state index is -3.83. The first-order valence-corrected chi connectivity index (χ1v) is 12.1. The molecule has 0 fully saturated rings. The molecule has 1 amide bonds. The highest BCUT2D eigenvalue weighted by molar-refractivity contribution is 7.91. The molecule has 0 aliphatic rings. The average molecular weight is 485 g/mol. The minimum absolute atomic E-state index is 0.0260. The Hall–Kier alpha value is -3.72. The van der Waals surface area contributed by atoms with Gasteiger partial charge < -0.3 is 24.8 Å². The SMILES string of the molecule is CCOc1c(NCC(=O)Nc2cc(OC)ccc2OC)cccc1S(=O)(=O)c1ccc(C)cc1. The zero-order chi connectivity index (χ0) is 24.7. The van der Waals surface area contributed by atoms with E-state index >= 15 is 0 Å². The van der Waals surface area contributed by atoms with Crippen LogP contribution < -0.4 is 24.8 Å². The van der Waals surface area contributed by atoms with Crippen LogP contribution in [0.2, 0.25) is 0 Å². The molecule has 2 N–H and O–H groups in total. The van der Waals surface area contributed by atoms with Gasteiger partial charge >= 0.3 is 0 Å². The summed E-state index contributed by atoms with van der Waals surface area (Å²) in [6.07, 6.45) is 0. The molecule has 0 saturated carbocycles. The molecule has 0 bridgehead atoms. The third-order valence-electron chi connectivity index (χ3n) is 5.01. The monoisotopic (exact) mass is 484 g/mol. The van der Waals surface area contributed by atoms with Gasteiger partial charge in [0.1, 0.15) is 16.4 Å². The van der Waals surface area contributed by atoms with Crippen molar-refractivity contribution in [2.24, 2.45) is 0 Å². The Morgan fingerprint density at radius 1 is 0.941 bits per heavy atom. The van der Waals surface area contributed by atoms with Gasteiger partial charge in [-0.25, -0.2) is 8.42 Å². The number of sulfone groups is 1. The molecule has 0 saturated heterocycles. The van der Waals surface area contributed by atoms with Crippen LogP contribution in [0.15, 0.2) is 70.5 Å². The number of carbonyl (C=O) groups is 1. The van der Waals surface area contributed by atoms with Gasteiger partial charge in [-0.05, 0) is 50.2 Å². The van der Waals surface area contributed by atoms with Gasteiger partial charge in [-0.3, -0.25) is 4.79 Å². The molecule has 0 radical (unpaired) electrons. The van der Waals surface area contributed by atoms with Crippen LogP contribution in [0.4, 0.5) is 11.4 Å². The summed E-state index contributed by atoms with van der Waals surface area (Å²) in [6.45, 7) is 3.77. The molecule has 0 aliphatic heterocycles. The quantitative estimate of drug-likeness (QED) is 0.442. The fraction of sp³-hybridized carbons (Fsp3) is 0.240.